The van der Waals surface area contributed by atoms with Gasteiger partial charge in [0.15, 0.2) is 0 Å². The van der Waals surface area contributed by atoms with Gasteiger partial charge in [-0.1, -0.05) is 0 Å². The number of nitrogens with zero attached hydrogens (tertiary/aromatic N) is 1. The number of rotatable bonds is 3. The minimum Gasteiger partial charge on any atom is -0.481 e. The molecule has 0 bridgehead atoms. The van der Waals surface area contributed by atoms with Crippen LogP contribution in [-0.4, -0.2) is 54.9 Å². The number of carboxylic acids is 1. The second kappa shape index (κ2) is 6.43. The molecule has 2 fully saturated rings. The summed E-state index contributed by atoms with van der Waals surface area (Å²) >= 11 is 0. The first kappa shape index (κ1) is 15.1. The van der Waals surface area contributed by atoms with Crippen LogP contribution in [0.3, 0.4) is 0 Å². The summed E-state index contributed by atoms with van der Waals surface area (Å²) in [7, 11) is 0. The Morgan fingerprint density at radius 1 is 1.40 bits per heavy atom. The quantitative estimate of drug-likeness (QED) is 0.819. The van der Waals surface area contributed by atoms with Gasteiger partial charge >= 0.3 is 12.0 Å². The van der Waals surface area contributed by atoms with Crippen molar-refractivity contribution in [2.75, 3.05) is 32.8 Å². The van der Waals surface area contributed by atoms with Crippen LogP contribution in [0.2, 0.25) is 0 Å². The van der Waals surface area contributed by atoms with Crippen LogP contribution in [0.1, 0.15) is 32.6 Å². The van der Waals surface area contributed by atoms with Gasteiger partial charge < -0.3 is 20.1 Å². The molecule has 20 heavy (non-hydrogen) atoms. The van der Waals surface area contributed by atoms with Gasteiger partial charge in [0.25, 0.3) is 0 Å². The minimum atomic E-state index is -0.820. The highest BCUT2D eigenvalue weighted by molar-refractivity contribution is 5.78. The van der Waals surface area contributed by atoms with Crippen molar-refractivity contribution in [2.24, 2.45) is 11.3 Å². The molecule has 2 aliphatic heterocycles. The summed E-state index contributed by atoms with van der Waals surface area (Å²) in [5, 5.41) is 12.2. The molecule has 2 rings (SSSR count). The Kier molecular flexibility index (Phi) is 4.86. The van der Waals surface area contributed by atoms with Crippen LogP contribution in [0.4, 0.5) is 4.79 Å². The highest BCUT2D eigenvalue weighted by atomic mass is 16.5. The fourth-order valence-electron chi connectivity index (χ4n) is 2.88. The van der Waals surface area contributed by atoms with Crippen molar-refractivity contribution in [1.29, 1.82) is 0 Å². The number of likely N-dealkylation sites (tertiary alicyclic amines) is 1. The highest BCUT2D eigenvalue weighted by Gasteiger charge is 2.39. The first-order chi connectivity index (χ1) is 9.51. The monoisotopic (exact) mass is 284 g/mol. The van der Waals surface area contributed by atoms with E-state index in [1.165, 1.54) is 0 Å². The van der Waals surface area contributed by atoms with Gasteiger partial charge in [-0.3, -0.25) is 4.79 Å². The summed E-state index contributed by atoms with van der Waals surface area (Å²) in [5.41, 5.74) is -0.811. The molecule has 0 aromatic heterocycles. The molecule has 1 atom stereocenters. The first-order valence-corrected chi connectivity index (χ1v) is 7.35. The third-order valence-electron chi connectivity index (χ3n) is 4.38. The molecule has 6 nitrogen and oxygen atoms in total. The number of carboxylic acid groups (broad SMARTS) is 1. The predicted octanol–water partition coefficient (Wildman–Crippen LogP) is 1.31. The van der Waals surface area contributed by atoms with Gasteiger partial charge in [-0.25, -0.2) is 4.79 Å². The van der Waals surface area contributed by atoms with E-state index in [1.54, 1.807) is 11.8 Å². The van der Waals surface area contributed by atoms with Gasteiger partial charge in [0, 0.05) is 32.8 Å². The summed E-state index contributed by atoms with van der Waals surface area (Å²) in [6.07, 6.45) is 3.33. The average molecular weight is 284 g/mol. The van der Waals surface area contributed by atoms with Crippen LogP contribution in [0.15, 0.2) is 0 Å². The van der Waals surface area contributed by atoms with E-state index in [0.29, 0.717) is 32.0 Å². The summed E-state index contributed by atoms with van der Waals surface area (Å²) in [6.45, 7) is 4.84. The second-order valence-electron chi connectivity index (χ2n) is 6.13. The molecule has 2 N–H and O–H groups in total. The number of amides is 2. The minimum absolute atomic E-state index is 0.135. The lowest BCUT2D eigenvalue weighted by atomic mass is 9.82. The molecule has 6 heteroatoms. The Balaban J connectivity index is 1.81. The maximum atomic E-state index is 12.1. The van der Waals surface area contributed by atoms with Crippen molar-refractivity contribution in [2.45, 2.75) is 32.6 Å². The molecular weight excluding hydrogens is 260 g/mol. The van der Waals surface area contributed by atoms with Crippen LogP contribution < -0.4 is 5.32 Å². The number of piperidine rings is 1. The standard InChI is InChI=1S/C14H24N2O4/c1-14(12(17)18)5-2-6-16(10-14)13(19)15-9-11-3-7-20-8-4-11/h11H,2-10H2,1H3,(H,15,19)(H,17,18). The van der Waals surface area contributed by atoms with E-state index in [2.05, 4.69) is 5.32 Å². The molecule has 2 aliphatic rings. The zero-order valence-corrected chi connectivity index (χ0v) is 12.1. The SMILES string of the molecule is CC1(C(=O)O)CCCN(C(=O)NCC2CCOCC2)C1. The Bertz CT molecular complexity index is 368. The van der Waals surface area contributed by atoms with Crippen molar-refractivity contribution < 1.29 is 19.4 Å². The summed E-state index contributed by atoms with van der Waals surface area (Å²) in [5.74, 6) is -0.345. The smallest absolute Gasteiger partial charge is 0.317 e. The summed E-state index contributed by atoms with van der Waals surface area (Å²) < 4.78 is 5.29. The van der Waals surface area contributed by atoms with E-state index in [0.717, 1.165) is 32.5 Å². The Hall–Kier alpha value is -1.30. The van der Waals surface area contributed by atoms with Gasteiger partial charge in [-0.05, 0) is 38.5 Å². The lowest BCUT2D eigenvalue weighted by molar-refractivity contribution is -0.150. The molecule has 0 aromatic carbocycles. The van der Waals surface area contributed by atoms with E-state index in [1.807, 2.05) is 0 Å². The number of ether oxygens (including phenoxy) is 1. The molecule has 2 saturated heterocycles. The van der Waals surface area contributed by atoms with E-state index < -0.39 is 11.4 Å². The third-order valence-corrected chi connectivity index (χ3v) is 4.38. The number of carbonyl (C=O) groups excluding carboxylic acids is 1. The van der Waals surface area contributed by atoms with Crippen LogP contribution in [0.5, 0.6) is 0 Å². The zero-order valence-electron chi connectivity index (χ0n) is 12.1. The lowest BCUT2D eigenvalue weighted by Crippen LogP contribution is -2.52. The normalized spacial score (nSPS) is 28.1. The van der Waals surface area contributed by atoms with Gasteiger partial charge in [0.1, 0.15) is 0 Å². The Morgan fingerprint density at radius 2 is 2.10 bits per heavy atom. The highest BCUT2D eigenvalue weighted by Crippen LogP contribution is 2.29. The number of urea groups is 1. The molecular formula is C14H24N2O4. The van der Waals surface area contributed by atoms with Gasteiger partial charge in [0.05, 0.1) is 5.41 Å². The molecule has 114 valence electrons. The summed E-state index contributed by atoms with van der Waals surface area (Å²) in [4.78, 5) is 25.1. The van der Waals surface area contributed by atoms with Gasteiger partial charge in [0.2, 0.25) is 0 Å². The van der Waals surface area contributed by atoms with Crippen LogP contribution in [-0.2, 0) is 9.53 Å². The zero-order chi connectivity index (χ0) is 14.6. The average Bonchev–Trinajstić information content (AvgIpc) is 2.46. The maximum Gasteiger partial charge on any atom is 0.317 e. The molecule has 2 heterocycles. The Labute approximate surface area is 119 Å². The number of nitrogens with one attached hydrogen (secondary N) is 1. The van der Waals surface area contributed by atoms with Crippen molar-refractivity contribution >= 4 is 12.0 Å². The van der Waals surface area contributed by atoms with Crippen molar-refractivity contribution in [3.8, 4) is 0 Å². The summed E-state index contributed by atoms with van der Waals surface area (Å²) in [6, 6.07) is -0.135. The number of aliphatic carboxylic acids is 1. The second-order valence-corrected chi connectivity index (χ2v) is 6.13. The molecule has 1 unspecified atom stereocenters. The first-order valence-electron chi connectivity index (χ1n) is 7.35. The Morgan fingerprint density at radius 3 is 2.75 bits per heavy atom. The number of hydrogen-bond acceptors (Lipinski definition) is 3. The van der Waals surface area contributed by atoms with Crippen LogP contribution >= 0.6 is 0 Å². The van der Waals surface area contributed by atoms with Gasteiger partial charge in [-0.2, -0.15) is 0 Å². The topological polar surface area (TPSA) is 78.9 Å². The third kappa shape index (κ3) is 3.62. The predicted molar refractivity (Wildman–Crippen MR) is 73.5 cm³/mol. The van der Waals surface area contributed by atoms with E-state index in [4.69, 9.17) is 4.74 Å². The van der Waals surface area contributed by atoms with Crippen molar-refractivity contribution in [1.82, 2.24) is 10.2 Å². The van der Waals surface area contributed by atoms with E-state index >= 15 is 0 Å². The fourth-order valence-corrected chi connectivity index (χ4v) is 2.88. The molecule has 0 aromatic rings. The number of carbonyl (C=O) groups is 2. The van der Waals surface area contributed by atoms with E-state index in [-0.39, 0.29) is 6.03 Å². The van der Waals surface area contributed by atoms with Crippen molar-refractivity contribution in [3.05, 3.63) is 0 Å². The van der Waals surface area contributed by atoms with Crippen LogP contribution in [0, 0.1) is 11.3 Å². The lowest BCUT2D eigenvalue weighted by Gasteiger charge is -2.37. The molecule has 0 radical (unpaired) electrons. The molecule has 0 spiro atoms. The van der Waals surface area contributed by atoms with Gasteiger partial charge in [-0.15, -0.1) is 0 Å². The fraction of sp³-hybridized carbons (Fsp3) is 0.857. The maximum absolute atomic E-state index is 12.1. The largest absolute Gasteiger partial charge is 0.481 e. The molecule has 0 saturated carbocycles. The molecule has 2 amide bonds. The van der Waals surface area contributed by atoms with Crippen LogP contribution in [0.25, 0.3) is 0 Å². The number of hydrogen-bond donors (Lipinski definition) is 2. The molecule has 0 aliphatic carbocycles. The van der Waals surface area contributed by atoms with Crippen molar-refractivity contribution in [3.63, 3.8) is 0 Å². The van der Waals surface area contributed by atoms with E-state index in [9.17, 15) is 14.7 Å².